The molecule has 0 aliphatic rings. The van der Waals surface area contributed by atoms with Gasteiger partial charge in [-0.3, -0.25) is 0 Å². The molecular formula is C34H72N+. The van der Waals surface area contributed by atoms with Crippen LogP contribution in [0.15, 0.2) is 0 Å². The summed E-state index contributed by atoms with van der Waals surface area (Å²) in [6, 6.07) is 0. The molecule has 0 amide bonds. The van der Waals surface area contributed by atoms with Gasteiger partial charge in [-0.25, -0.2) is 0 Å². The molecule has 1 heteroatoms. The van der Waals surface area contributed by atoms with Gasteiger partial charge in [0.1, 0.15) is 0 Å². The van der Waals surface area contributed by atoms with E-state index in [1.54, 1.807) is 0 Å². The van der Waals surface area contributed by atoms with E-state index in [9.17, 15) is 0 Å². The lowest BCUT2D eigenvalue weighted by atomic mass is 10.0. The molecule has 0 fully saturated rings. The third-order valence-corrected chi connectivity index (χ3v) is 8.33. The second-order valence-electron chi connectivity index (χ2n) is 12.0. The molecule has 0 unspecified atom stereocenters. The van der Waals surface area contributed by atoms with Crippen LogP contribution in [0.5, 0.6) is 0 Å². The van der Waals surface area contributed by atoms with Crippen molar-refractivity contribution < 1.29 is 4.48 Å². The van der Waals surface area contributed by atoms with Crippen molar-refractivity contribution >= 4 is 0 Å². The number of quaternary nitrogens is 1. The number of hydrogen-bond donors (Lipinski definition) is 0. The van der Waals surface area contributed by atoms with E-state index in [4.69, 9.17) is 0 Å². The Bertz CT molecular complexity index is 360. The second-order valence-corrected chi connectivity index (χ2v) is 12.0. The maximum absolute atomic E-state index is 2.37. The summed E-state index contributed by atoms with van der Waals surface area (Å²) in [7, 11) is 0. The first kappa shape index (κ1) is 35.0. The monoisotopic (exact) mass is 495 g/mol. The van der Waals surface area contributed by atoms with Gasteiger partial charge in [0.2, 0.25) is 0 Å². The summed E-state index contributed by atoms with van der Waals surface area (Å²) in [5, 5.41) is 0. The standard InChI is InChI=1S/C34H72N/c1-5-9-10-11-12-13-14-15-16-17-18-19-20-21-22-23-24-25-26-27-28-29-30-34-35(31-6-2,32-7-3)33-8-4/h5-34H2,1-4H3/q+1. The lowest BCUT2D eigenvalue weighted by molar-refractivity contribution is -0.928. The molecule has 0 N–H and O–H groups in total. The van der Waals surface area contributed by atoms with Crippen LogP contribution in [0.1, 0.15) is 195 Å². The molecule has 0 radical (unpaired) electrons. The van der Waals surface area contributed by atoms with Gasteiger partial charge in [-0.15, -0.1) is 0 Å². The quantitative estimate of drug-likeness (QED) is 0.0687. The predicted molar refractivity (Wildman–Crippen MR) is 162 cm³/mol. The fourth-order valence-electron chi connectivity index (χ4n) is 6.33. The molecular weight excluding hydrogens is 422 g/mol. The molecule has 0 aromatic carbocycles. The van der Waals surface area contributed by atoms with Crippen molar-refractivity contribution in [1.82, 2.24) is 0 Å². The zero-order chi connectivity index (χ0) is 25.7. The molecule has 0 saturated carbocycles. The molecule has 0 aromatic heterocycles. The summed E-state index contributed by atoms with van der Waals surface area (Å²) in [6.07, 6.45) is 38.0. The van der Waals surface area contributed by atoms with Gasteiger partial charge in [0.15, 0.2) is 0 Å². The Hall–Kier alpha value is -0.0400. The Kier molecular flexibility index (Phi) is 28.5. The van der Waals surface area contributed by atoms with Crippen LogP contribution < -0.4 is 0 Å². The van der Waals surface area contributed by atoms with Crippen molar-refractivity contribution in [3.63, 3.8) is 0 Å². The van der Waals surface area contributed by atoms with E-state index in [1.807, 2.05) is 0 Å². The molecule has 0 aliphatic heterocycles. The normalized spacial score (nSPS) is 12.0. The first-order valence-electron chi connectivity index (χ1n) is 17.1. The maximum atomic E-state index is 2.37. The Morgan fingerprint density at radius 3 is 0.686 bits per heavy atom. The Labute approximate surface area is 225 Å². The van der Waals surface area contributed by atoms with Crippen molar-refractivity contribution in [3.05, 3.63) is 0 Å². The number of hydrogen-bond acceptors (Lipinski definition) is 0. The molecule has 0 rings (SSSR count). The second kappa shape index (κ2) is 28.5. The van der Waals surface area contributed by atoms with Gasteiger partial charge in [-0.2, -0.15) is 0 Å². The summed E-state index contributed by atoms with van der Waals surface area (Å²) in [6.45, 7) is 15.1. The molecule has 0 bridgehead atoms. The van der Waals surface area contributed by atoms with E-state index >= 15 is 0 Å². The zero-order valence-electron chi connectivity index (χ0n) is 25.7. The van der Waals surface area contributed by atoms with Crippen molar-refractivity contribution in [2.75, 3.05) is 26.2 Å². The highest BCUT2D eigenvalue weighted by Gasteiger charge is 2.23. The first-order valence-corrected chi connectivity index (χ1v) is 17.1. The van der Waals surface area contributed by atoms with Crippen LogP contribution in [-0.4, -0.2) is 30.7 Å². The Morgan fingerprint density at radius 1 is 0.229 bits per heavy atom. The highest BCUT2D eigenvalue weighted by Crippen LogP contribution is 2.17. The van der Waals surface area contributed by atoms with Crippen LogP contribution in [0.2, 0.25) is 0 Å². The van der Waals surface area contributed by atoms with Gasteiger partial charge < -0.3 is 4.48 Å². The van der Waals surface area contributed by atoms with Gasteiger partial charge in [-0.1, -0.05) is 163 Å². The summed E-state index contributed by atoms with van der Waals surface area (Å²) in [4.78, 5) is 0. The van der Waals surface area contributed by atoms with E-state index < -0.39 is 0 Å². The van der Waals surface area contributed by atoms with Crippen molar-refractivity contribution in [2.45, 2.75) is 195 Å². The minimum Gasteiger partial charge on any atom is -0.324 e. The minimum atomic E-state index is 1.35. The van der Waals surface area contributed by atoms with Gasteiger partial charge in [0.05, 0.1) is 26.2 Å². The fourth-order valence-corrected chi connectivity index (χ4v) is 6.33. The minimum absolute atomic E-state index is 1.35. The van der Waals surface area contributed by atoms with Crippen LogP contribution >= 0.6 is 0 Å². The molecule has 212 valence electrons. The van der Waals surface area contributed by atoms with Crippen molar-refractivity contribution in [3.8, 4) is 0 Å². The summed E-state index contributed by atoms with van der Waals surface area (Å²) < 4.78 is 1.41. The van der Waals surface area contributed by atoms with E-state index in [2.05, 4.69) is 27.7 Å². The molecule has 0 saturated heterocycles. The Morgan fingerprint density at radius 2 is 0.457 bits per heavy atom. The third-order valence-electron chi connectivity index (χ3n) is 8.33. The predicted octanol–water partition coefficient (Wildman–Crippen LogP) is 12.0. The van der Waals surface area contributed by atoms with Crippen LogP contribution in [0.3, 0.4) is 0 Å². The molecule has 0 heterocycles. The van der Waals surface area contributed by atoms with Crippen LogP contribution in [0.25, 0.3) is 0 Å². The van der Waals surface area contributed by atoms with E-state index in [1.165, 1.54) is 198 Å². The average molecular weight is 495 g/mol. The molecule has 0 spiro atoms. The van der Waals surface area contributed by atoms with E-state index in [-0.39, 0.29) is 0 Å². The van der Waals surface area contributed by atoms with Crippen LogP contribution in [-0.2, 0) is 0 Å². The largest absolute Gasteiger partial charge is 0.324 e. The van der Waals surface area contributed by atoms with E-state index in [0.717, 1.165) is 0 Å². The molecule has 1 nitrogen and oxygen atoms in total. The topological polar surface area (TPSA) is 0 Å². The zero-order valence-corrected chi connectivity index (χ0v) is 25.7. The summed E-state index contributed by atoms with van der Waals surface area (Å²) in [5.74, 6) is 0. The van der Waals surface area contributed by atoms with Crippen molar-refractivity contribution in [2.24, 2.45) is 0 Å². The number of unbranched alkanes of at least 4 members (excludes halogenated alkanes) is 22. The summed E-state index contributed by atoms with van der Waals surface area (Å²) in [5.41, 5.74) is 0. The summed E-state index contributed by atoms with van der Waals surface area (Å²) >= 11 is 0. The van der Waals surface area contributed by atoms with Gasteiger partial charge in [0, 0.05) is 0 Å². The molecule has 35 heavy (non-hydrogen) atoms. The maximum Gasteiger partial charge on any atom is 0.0786 e. The first-order chi connectivity index (χ1) is 17.2. The number of rotatable bonds is 30. The highest BCUT2D eigenvalue weighted by atomic mass is 15.3. The molecule has 0 aromatic rings. The number of nitrogens with zero attached hydrogens (tertiary/aromatic N) is 1. The fraction of sp³-hybridized carbons (Fsp3) is 1.00. The SMILES string of the molecule is CCCCCCCCCCCCCCCCCCCCCCCCC[N+](CCC)(CCC)CCC. The third kappa shape index (κ3) is 24.1. The smallest absolute Gasteiger partial charge is 0.0786 e. The average Bonchev–Trinajstić information content (AvgIpc) is 2.85. The Balaban J connectivity index is 3.32. The lowest BCUT2D eigenvalue weighted by Gasteiger charge is -2.38. The van der Waals surface area contributed by atoms with Gasteiger partial charge in [0.25, 0.3) is 0 Å². The van der Waals surface area contributed by atoms with Gasteiger partial charge >= 0.3 is 0 Å². The van der Waals surface area contributed by atoms with Crippen LogP contribution in [0.4, 0.5) is 0 Å². The van der Waals surface area contributed by atoms with Crippen LogP contribution in [0, 0.1) is 0 Å². The highest BCUT2D eigenvalue weighted by molar-refractivity contribution is 4.52. The molecule has 0 aliphatic carbocycles. The van der Waals surface area contributed by atoms with Crippen molar-refractivity contribution in [1.29, 1.82) is 0 Å². The lowest BCUT2D eigenvalue weighted by Crippen LogP contribution is -2.50. The van der Waals surface area contributed by atoms with E-state index in [0.29, 0.717) is 0 Å². The molecule has 0 atom stereocenters. The van der Waals surface area contributed by atoms with Gasteiger partial charge in [-0.05, 0) is 32.1 Å².